The highest BCUT2D eigenvalue weighted by Crippen LogP contribution is 2.30. The Balaban J connectivity index is 2.45. The maximum absolute atomic E-state index is 12.5. The number of nitrogens with zero attached hydrogens (tertiary/aromatic N) is 1. The van der Waals surface area contributed by atoms with Gasteiger partial charge in [0.1, 0.15) is 0 Å². The van der Waals surface area contributed by atoms with E-state index in [4.69, 9.17) is 5.73 Å². The number of sulfonamides is 1. The topological polar surface area (TPSA) is 63.4 Å². The van der Waals surface area contributed by atoms with Crippen LogP contribution < -0.4 is 10.0 Å². The van der Waals surface area contributed by atoms with Crippen LogP contribution in [0.25, 0.3) is 0 Å². The molecule has 7 heteroatoms. The zero-order chi connectivity index (χ0) is 14.9. The zero-order valence-corrected chi connectivity index (χ0v) is 14.5. The number of nitrogen functional groups attached to an aromatic ring is 1. The third-order valence-corrected chi connectivity index (χ3v) is 5.61. The second-order valence-corrected chi connectivity index (χ2v) is 7.93. The smallest absolute Gasteiger partial charge is 0.264 e. The molecule has 106 valence electrons. The summed E-state index contributed by atoms with van der Waals surface area (Å²) < 4.78 is 27.8. The van der Waals surface area contributed by atoms with E-state index in [1.54, 1.807) is 42.5 Å². The molecule has 20 heavy (non-hydrogen) atoms. The molecule has 0 aliphatic rings. The van der Waals surface area contributed by atoms with Crippen LogP contribution in [-0.2, 0) is 10.0 Å². The van der Waals surface area contributed by atoms with E-state index < -0.39 is 10.0 Å². The predicted molar refractivity (Wildman–Crippen MR) is 88.3 cm³/mol. The highest BCUT2D eigenvalue weighted by atomic mass is 79.9. The Bertz CT molecular complexity index is 731. The number of halogens is 2. The summed E-state index contributed by atoms with van der Waals surface area (Å²) in [5.74, 6) is 0. The average Bonchev–Trinajstić information content (AvgIpc) is 2.38. The van der Waals surface area contributed by atoms with Gasteiger partial charge in [0.2, 0.25) is 0 Å². The normalized spacial score (nSPS) is 11.3. The quantitative estimate of drug-likeness (QED) is 0.772. The van der Waals surface area contributed by atoms with E-state index in [1.807, 2.05) is 0 Å². The second kappa shape index (κ2) is 5.75. The Morgan fingerprint density at radius 1 is 1.00 bits per heavy atom. The standard InChI is InChI=1S/C13H12Br2N2O2S/c1-17(13-7-4-10(15)8-12(13)16)20(18,19)11-5-2-9(14)3-6-11/h2-8H,16H2,1H3. The predicted octanol–water partition coefficient (Wildman–Crippen LogP) is 3.62. The molecule has 0 heterocycles. The van der Waals surface area contributed by atoms with Gasteiger partial charge in [-0.3, -0.25) is 4.31 Å². The van der Waals surface area contributed by atoms with Crippen LogP contribution in [0.5, 0.6) is 0 Å². The summed E-state index contributed by atoms with van der Waals surface area (Å²) in [4.78, 5) is 0.213. The molecule has 2 N–H and O–H groups in total. The maximum atomic E-state index is 12.5. The number of hydrogen-bond donors (Lipinski definition) is 1. The lowest BCUT2D eigenvalue weighted by molar-refractivity contribution is 0.594. The van der Waals surface area contributed by atoms with Crippen molar-refractivity contribution in [3.63, 3.8) is 0 Å². The Hall–Kier alpha value is -1.05. The molecule has 2 aromatic rings. The number of rotatable bonds is 3. The molecule has 0 radical (unpaired) electrons. The Kier molecular flexibility index (Phi) is 4.41. The van der Waals surface area contributed by atoms with E-state index in [-0.39, 0.29) is 4.90 Å². The van der Waals surface area contributed by atoms with Gasteiger partial charge < -0.3 is 5.73 Å². The molecule has 0 saturated carbocycles. The van der Waals surface area contributed by atoms with Crippen molar-refractivity contribution in [2.75, 3.05) is 17.1 Å². The number of hydrogen-bond acceptors (Lipinski definition) is 3. The van der Waals surface area contributed by atoms with Gasteiger partial charge in [0.25, 0.3) is 10.0 Å². The van der Waals surface area contributed by atoms with Crippen molar-refractivity contribution in [1.29, 1.82) is 0 Å². The molecule has 0 aliphatic heterocycles. The number of anilines is 2. The van der Waals surface area contributed by atoms with Crippen LogP contribution in [0.3, 0.4) is 0 Å². The fraction of sp³-hybridized carbons (Fsp3) is 0.0769. The van der Waals surface area contributed by atoms with Crippen LogP contribution in [0.2, 0.25) is 0 Å². The largest absolute Gasteiger partial charge is 0.397 e. The van der Waals surface area contributed by atoms with Crippen molar-refractivity contribution in [3.05, 3.63) is 51.4 Å². The van der Waals surface area contributed by atoms with E-state index in [0.29, 0.717) is 11.4 Å². The van der Waals surface area contributed by atoms with Crippen LogP contribution >= 0.6 is 31.9 Å². The lowest BCUT2D eigenvalue weighted by atomic mass is 10.3. The van der Waals surface area contributed by atoms with Crippen molar-refractivity contribution in [2.45, 2.75) is 4.90 Å². The summed E-state index contributed by atoms with van der Waals surface area (Å²) in [6, 6.07) is 11.5. The summed E-state index contributed by atoms with van der Waals surface area (Å²) in [5, 5.41) is 0. The fourth-order valence-corrected chi connectivity index (χ4v) is 3.57. The SMILES string of the molecule is CN(c1ccc(Br)cc1N)S(=O)(=O)c1ccc(Br)cc1. The van der Waals surface area contributed by atoms with E-state index in [2.05, 4.69) is 31.9 Å². The molecular formula is C13H12Br2N2O2S. The first-order valence-corrected chi connectivity index (χ1v) is 8.64. The van der Waals surface area contributed by atoms with Crippen molar-refractivity contribution < 1.29 is 8.42 Å². The molecule has 2 rings (SSSR count). The van der Waals surface area contributed by atoms with Crippen molar-refractivity contribution in [1.82, 2.24) is 0 Å². The fourth-order valence-electron chi connectivity index (χ4n) is 1.71. The number of nitrogens with two attached hydrogens (primary N) is 1. The molecule has 2 aromatic carbocycles. The van der Waals surface area contributed by atoms with Gasteiger partial charge >= 0.3 is 0 Å². The van der Waals surface area contributed by atoms with Gasteiger partial charge in [0.05, 0.1) is 16.3 Å². The molecule has 0 bridgehead atoms. The molecular weight excluding hydrogens is 408 g/mol. The molecule has 0 amide bonds. The zero-order valence-electron chi connectivity index (χ0n) is 10.5. The van der Waals surface area contributed by atoms with Gasteiger partial charge in [-0.2, -0.15) is 0 Å². The van der Waals surface area contributed by atoms with Crippen molar-refractivity contribution in [3.8, 4) is 0 Å². The van der Waals surface area contributed by atoms with Crippen LogP contribution in [-0.4, -0.2) is 15.5 Å². The summed E-state index contributed by atoms with van der Waals surface area (Å²) in [7, 11) is -2.14. The lowest BCUT2D eigenvalue weighted by Crippen LogP contribution is -2.27. The summed E-state index contributed by atoms with van der Waals surface area (Å²) in [5.41, 5.74) is 6.71. The van der Waals surface area contributed by atoms with Crippen LogP contribution in [0.4, 0.5) is 11.4 Å². The van der Waals surface area contributed by atoms with E-state index in [1.165, 1.54) is 11.4 Å². The monoisotopic (exact) mass is 418 g/mol. The molecule has 0 aromatic heterocycles. The molecule has 0 unspecified atom stereocenters. The van der Waals surface area contributed by atoms with Crippen molar-refractivity contribution in [2.24, 2.45) is 0 Å². The second-order valence-electron chi connectivity index (χ2n) is 4.13. The van der Waals surface area contributed by atoms with Gasteiger partial charge in [-0.05, 0) is 42.5 Å². The molecule has 0 aliphatic carbocycles. The van der Waals surface area contributed by atoms with Crippen LogP contribution in [0.1, 0.15) is 0 Å². The Labute approximate surface area is 134 Å². The first kappa shape index (κ1) is 15.3. The first-order chi connectivity index (χ1) is 9.32. The van der Waals surface area contributed by atoms with Gasteiger partial charge in [-0.25, -0.2) is 8.42 Å². The third kappa shape index (κ3) is 2.99. The van der Waals surface area contributed by atoms with E-state index >= 15 is 0 Å². The number of benzene rings is 2. The summed E-state index contributed by atoms with van der Waals surface area (Å²) >= 11 is 6.58. The highest BCUT2D eigenvalue weighted by molar-refractivity contribution is 9.10. The van der Waals surface area contributed by atoms with Gasteiger partial charge in [-0.1, -0.05) is 31.9 Å². The highest BCUT2D eigenvalue weighted by Gasteiger charge is 2.22. The summed E-state index contributed by atoms with van der Waals surface area (Å²) in [6.45, 7) is 0. The summed E-state index contributed by atoms with van der Waals surface area (Å²) in [6.07, 6.45) is 0. The van der Waals surface area contributed by atoms with Crippen LogP contribution in [0, 0.1) is 0 Å². The average molecular weight is 420 g/mol. The van der Waals surface area contributed by atoms with Crippen molar-refractivity contribution >= 4 is 53.3 Å². The van der Waals surface area contributed by atoms with E-state index in [0.717, 1.165) is 8.95 Å². The van der Waals surface area contributed by atoms with Gasteiger partial charge in [0, 0.05) is 16.0 Å². The van der Waals surface area contributed by atoms with Crippen LogP contribution in [0.15, 0.2) is 56.3 Å². The van der Waals surface area contributed by atoms with Gasteiger partial charge in [0.15, 0.2) is 0 Å². The van der Waals surface area contributed by atoms with E-state index in [9.17, 15) is 8.42 Å². The molecule has 0 spiro atoms. The maximum Gasteiger partial charge on any atom is 0.264 e. The van der Waals surface area contributed by atoms with Gasteiger partial charge in [-0.15, -0.1) is 0 Å². The Morgan fingerprint density at radius 2 is 1.55 bits per heavy atom. The minimum atomic E-state index is -3.63. The molecule has 0 atom stereocenters. The molecule has 0 saturated heterocycles. The molecule has 0 fully saturated rings. The lowest BCUT2D eigenvalue weighted by Gasteiger charge is -2.21. The minimum absolute atomic E-state index is 0.213. The minimum Gasteiger partial charge on any atom is -0.397 e. The molecule has 4 nitrogen and oxygen atoms in total. The third-order valence-electron chi connectivity index (χ3n) is 2.80. The Morgan fingerprint density at radius 3 is 2.10 bits per heavy atom. The first-order valence-electron chi connectivity index (χ1n) is 5.62.